The normalized spacial score (nSPS) is 11.2. The summed E-state index contributed by atoms with van der Waals surface area (Å²) >= 11 is 1.55. The van der Waals surface area contributed by atoms with Crippen LogP contribution in [0.1, 0.15) is 111 Å². The van der Waals surface area contributed by atoms with E-state index in [1.807, 2.05) is 37.3 Å². The van der Waals surface area contributed by atoms with Crippen LogP contribution in [0.15, 0.2) is 170 Å². The smallest absolute Gasteiger partial charge is 0.343 e. The minimum atomic E-state index is -0.655. The molecule has 0 spiro atoms. The van der Waals surface area contributed by atoms with Crippen LogP contribution >= 0.6 is 11.3 Å². The summed E-state index contributed by atoms with van der Waals surface area (Å²) in [7, 11) is 0. The van der Waals surface area contributed by atoms with Gasteiger partial charge in [0.15, 0.2) is 5.13 Å². The molecule has 0 aliphatic carbocycles. The van der Waals surface area contributed by atoms with Crippen molar-refractivity contribution >= 4 is 68.7 Å². The molecule has 6 aromatic carbocycles. The number of ether oxygens (including phenoxy) is 8. The van der Waals surface area contributed by atoms with Crippen LogP contribution in [-0.4, -0.2) is 92.6 Å². The van der Waals surface area contributed by atoms with E-state index in [1.54, 1.807) is 78.2 Å². The standard InChI is InChI=1S/C65H65N3O14S/c1-4-59(69)77-39-14-8-6-12-37-75-52-27-19-48(20-28-52)62(72)80-54-31-23-47(24-32-54)61(71)79-41-36-46-18-35-57(51(42-46)44-66-43-45(3)67-65-68-56-16-10-11-17-58(56)83-65)82-64(74)50-25-33-55(34-26-50)81-63(73)49-21-29-53(30-22-49)76-38-13-7-9-15-40-78-60(70)5-2/h4-5,10-11,16-35,42,44-45H,1-2,6-9,12-15,36-41,43H2,3H3,(H,67,68). The van der Waals surface area contributed by atoms with E-state index in [4.69, 9.17) is 42.9 Å². The predicted octanol–water partition coefficient (Wildman–Crippen LogP) is 12.6. The van der Waals surface area contributed by atoms with Crippen molar-refractivity contribution in [2.45, 2.75) is 70.8 Å². The topological polar surface area (TPSA) is 214 Å². The molecular weight excluding hydrogens is 1080 g/mol. The van der Waals surface area contributed by atoms with Gasteiger partial charge in [0.05, 0.1) is 72.0 Å². The number of nitrogens with zero attached hydrogens (tertiary/aromatic N) is 2. The monoisotopic (exact) mass is 1140 g/mol. The number of fused-ring (bicyclic) bond motifs is 1. The second-order valence-electron chi connectivity index (χ2n) is 18.8. The zero-order valence-corrected chi connectivity index (χ0v) is 46.9. The zero-order valence-electron chi connectivity index (χ0n) is 46.1. The quantitative estimate of drug-likeness (QED) is 0.0101. The highest BCUT2D eigenvalue weighted by atomic mass is 32.1. The molecule has 7 aromatic rings. The lowest BCUT2D eigenvalue weighted by Crippen LogP contribution is -2.18. The maximum atomic E-state index is 13.6. The molecule has 18 heteroatoms. The first-order chi connectivity index (χ1) is 40.4. The first-order valence-electron chi connectivity index (χ1n) is 27.3. The van der Waals surface area contributed by atoms with Gasteiger partial charge in [-0.1, -0.05) is 42.7 Å². The first-order valence-corrected chi connectivity index (χ1v) is 28.1. The second kappa shape index (κ2) is 32.7. The number of hydrogen-bond acceptors (Lipinski definition) is 18. The molecule has 0 saturated heterocycles. The number of carbonyl (C=O) groups excluding carboxylic acids is 6. The molecule has 0 fully saturated rings. The van der Waals surface area contributed by atoms with Gasteiger partial charge in [0.2, 0.25) is 0 Å². The SMILES string of the molecule is C=CC(=O)OCCCCCCOc1ccc(C(=O)Oc2ccc(C(=O)OCCc3ccc(OC(=O)c4ccc(OC(=O)c5ccc(OCCCCCCOC(=O)C=C)cc5)cc4)c(C=NCC(C)Nc4nc5ccccc5s4)c3)cc2)cc1. The molecule has 83 heavy (non-hydrogen) atoms. The van der Waals surface area contributed by atoms with Gasteiger partial charge in [0, 0.05) is 36.4 Å². The number of aromatic nitrogens is 1. The molecule has 0 aliphatic rings. The molecule has 0 aliphatic heterocycles. The molecule has 0 radical (unpaired) electrons. The molecule has 1 atom stereocenters. The fourth-order valence-corrected chi connectivity index (χ4v) is 8.91. The third-order valence-corrected chi connectivity index (χ3v) is 13.4. The lowest BCUT2D eigenvalue weighted by atomic mass is 10.1. The van der Waals surface area contributed by atoms with Crippen LogP contribution in [0.25, 0.3) is 10.2 Å². The number of carbonyl (C=O) groups is 6. The molecule has 1 heterocycles. The van der Waals surface area contributed by atoms with Crippen molar-refractivity contribution < 1.29 is 66.7 Å². The van der Waals surface area contributed by atoms with Gasteiger partial charge in [0.1, 0.15) is 28.7 Å². The number of anilines is 1. The molecule has 1 unspecified atom stereocenters. The van der Waals surface area contributed by atoms with Crippen molar-refractivity contribution in [3.63, 3.8) is 0 Å². The van der Waals surface area contributed by atoms with E-state index in [0.717, 1.165) is 84.4 Å². The third kappa shape index (κ3) is 20.6. The molecule has 7 rings (SSSR count). The van der Waals surface area contributed by atoms with E-state index in [-0.39, 0.29) is 41.0 Å². The summed E-state index contributed by atoms with van der Waals surface area (Å²) in [6.45, 7) is 10.9. The lowest BCUT2D eigenvalue weighted by Gasteiger charge is -2.12. The van der Waals surface area contributed by atoms with Gasteiger partial charge >= 0.3 is 35.8 Å². The van der Waals surface area contributed by atoms with E-state index in [2.05, 4.69) is 23.5 Å². The van der Waals surface area contributed by atoms with Gasteiger partial charge < -0.3 is 43.2 Å². The molecule has 0 amide bonds. The Morgan fingerprint density at radius 2 is 1.00 bits per heavy atom. The summed E-state index contributed by atoms with van der Waals surface area (Å²) < 4.78 is 45.3. The summed E-state index contributed by atoms with van der Waals surface area (Å²) in [6.07, 6.45) is 11.0. The van der Waals surface area contributed by atoms with Gasteiger partial charge in [-0.25, -0.2) is 33.8 Å². The number of nitrogens with one attached hydrogen (secondary N) is 1. The minimum absolute atomic E-state index is 0.0288. The fraction of sp³-hybridized carbons (Fsp3) is 0.262. The number of thiazole rings is 1. The van der Waals surface area contributed by atoms with Crippen LogP contribution in [-0.2, 0) is 30.2 Å². The number of aliphatic imine (C=N–C) groups is 1. The van der Waals surface area contributed by atoms with Gasteiger partial charge in [-0.05, 0) is 185 Å². The van der Waals surface area contributed by atoms with Crippen molar-refractivity contribution in [2.24, 2.45) is 4.99 Å². The molecule has 1 aromatic heterocycles. The maximum Gasteiger partial charge on any atom is 0.343 e. The Morgan fingerprint density at radius 3 is 1.51 bits per heavy atom. The highest BCUT2D eigenvalue weighted by Crippen LogP contribution is 2.27. The van der Waals surface area contributed by atoms with E-state index in [0.29, 0.717) is 67.6 Å². The first kappa shape index (κ1) is 61.2. The molecule has 430 valence electrons. The molecule has 0 bridgehead atoms. The molecule has 1 N–H and O–H groups in total. The number of para-hydroxylation sites is 1. The predicted molar refractivity (Wildman–Crippen MR) is 316 cm³/mol. The van der Waals surface area contributed by atoms with E-state index >= 15 is 0 Å². The van der Waals surface area contributed by atoms with Crippen molar-refractivity contribution in [3.8, 4) is 28.7 Å². The van der Waals surface area contributed by atoms with Crippen LogP contribution in [0, 0.1) is 0 Å². The Bertz CT molecular complexity index is 3290. The van der Waals surface area contributed by atoms with E-state index < -0.39 is 35.8 Å². The summed E-state index contributed by atoms with van der Waals surface area (Å²) in [5, 5.41) is 4.18. The van der Waals surface area contributed by atoms with Gasteiger partial charge in [-0.3, -0.25) is 4.99 Å². The average Bonchev–Trinajstić information content (AvgIpc) is 4.13. The summed E-state index contributed by atoms with van der Waals surface area (Å²) in [5.74, 6) is -1.29. The van der Waals surface area contributed by atoms with Crippen molar-refractivity contribution in [2.75, 3.05) is 44.9 Å². The number of hydrogen-bond donors (Lipinski definition) is 1. The highest BCUT2D eigenvalue weighted by Gasteiger charge is 2.17. The van der Waals surface area contributed by atoms with E-state index in [9.17, 15) is 28.8 Å². The van der Waals surface area contributed by atoms with Crippen LogP contribution in [0.2, 0.25) is 0 Å². The van der Waals surface area contributed by atoms with Gasteiger partial charge in [0.25, 0.3) is 0 Å². The molecule has 0 saturated carbocycles. The summed E-state index contributed by atoms with van der Waals surface area (Å²) in [4.78, 5) is 84.2. The second-order valence-corrected chi connectivity index (χ2v) is 19.8. The largest absolute Gasteiger partial charge is 0.494 e. The number of rotatable bonds is 33. The Hall–Kier alpha value is -9.42. The number of unbranched alkanes of at least 4 members (excludes halogenated alkanes) is 6. The van der Waals surface area contributed by atoms with Crippen molar-refractivity contribution in [3.05, 3.63) is 198 Å². The van der Waals surface area contributed by atoms with Crippen LogP contribution < -0.4 is 29.0 Å². The minimum Gasteiger partial charge on any atom is -0.494 e. The molecular formula is C65H65N3O14S. The highest BCUT2D eigenvalue weighted by molar-refractivity contribution is 7.22. The average molecular weight is 1140 g/mol. The van der Waals surface area contributed by atoms with Crippen molar-refractivity contribution in [1.82, 2.24) is 4.98 Å². The zero-order chi connectivity index (χ0) is 58.6. The van der Waals surface area contributed by atoms with Crippen molar-refractivity contribution in [1.29, 1.82) is 0 Å². The third-order valence-electron chi connectivity index (χ3n) is 12.4. The fourth-order valence-electron chi connectivity index (χ4n) is 7.93. The Labute approximate surface area is 485 Å². The number of benzene rings is 6. The maximum absolute atomic E-state index is 13.6. The van der Waals surface area contributed by atoms with Gasteiger partial charge in [-0.15, -0.1) is 0 Å². The Balaban J connectivity index is 0.885. The summed E-state index contributed by atoms with van der Waals surface area (Å²) in [6, 6.07) is 38.3. The van der Waals surface area contributed by atoms with Gasteiger partial charge in [-0.2, -0.15) is 0 Å². The van der Waals surface area contributed by atoms with Crippen LogP contribution in [0.3, 0.4) is 0 Å². The number of esters is 6. The van der Waals surface area contributed by atoms with Crippen LogP contribution in [0.5, 0.6) is 28.7 Å². The summed E-state index contributed by atoms with van der Waals surface area (Å²) in [5.41, 5.74) is 3.30. The Morgan fingerprint density at radius 1 is 0.530 bits per heavy atom. The Kier molecular flexibility index (Phi) is 24.1. The van der Waals surface area contributed by atoms with E-state index in [1.165, 1.54) is 48.5 Å². The lowest BCUT2D eigenvalue weighted by molar-refractivity contribution is -0.138. The molecule has 17 nitrogen and oxygen atoms in total. The van der Waals surface area contributed by atoms with Crippen LogP contribution in [0.4, 0.5) is 5.13 Å².